The molecule has 0 aliphatic carbocycles. The Morgan fingerprint density at radius 3 is 2.88 bits per heavy atom. The summed E-state index contributed by atoms with van der Waals surface area (Å²) in [4.78, 5) is 27.4. The van der Waals surface area contributed by atoms with E-state index in [1.165, 1.54) is 30.2 Å². The summed E-state index contributed by atoms with van der Waals surface area (Å²) in [5.41, 5.74) is 7.56. The highest BCUT2D eigenvalue weighted by molar-refractivity contribution is 7.99. The Hall–Kier alpha value is -1.61. The van der Waals surface area contributed by atoms with Crippen LogP contribution in [0.4, 0.5) is 5.69 Å². The van der Waals surface area contributed by atoms with Gasteiger partial charge in [-0.2, -0.15) is 0 Å². The van der Waals surface area contributed by atoms with Gasteiger partial charge in [-0.15, -0.1) is 35.5 Å². The van der Waals surface area contributed by atoms with Crippen molar-refractivity contribution in [2.75, 3.05) is 18.2 Å². The molecule has 1 heterocycles. The number of nitrogens with one attached hydrogen (secondary N) is 1. The normalized spacial score (nSPS) is 9.92. The first-order chi connectivity index (χ1) is 11.1. The van der Waals surface area contributed by atoms with Crippen molar-refractivity contribution in [2.45, 2.75) is 12.3 Å². The summed E-state index contributed by atoms with van der Waals surface area (Å²) >= 11 is 2.82. The molecule has 0 fully saturated rings. The van der Waals surface area contributed by atoms with Gasteiger partial charge in [-0.05, 0) is 17.7 Å². The minimum Gasteiger partial charge on any atom is -0.468 e. The monoisotopic (exact) mass is 387 g/mol. The van der Waals surface area contributed by atoms with E-state index in [-0.39, 0.29) is 24.3 Å². The van der Waals surface area contributed by atoms with Crippen molar-refractivity contribution < 1.29 is 14.3 Å². The average Bonchev–Trinajstić information content (AvgIpc) is 3.04. The largest absolute Gasteiger partial charge is 0.468 e. The molecular formula is C15H18ClN3O3S2. The van der Waals surface area contributed by atoms with Crippen LogP contribution >= 0.6 is 35.5 Å². The molecule has 0 aliphatic heterocycles. The number of amides is 1. The Morgan fingerprint density at radius 2 is 2.21 bits per heavy atom. The van der Waals surface area contributed by atoms with Crippen molar-refractivity contribution in [3.63, 3.8) is 0 Å². The zero-order valence-corrected chi connectivity index (χ0v) is 15.4. The molecular weight excluding hydrogens is 370 g/mol. The van der Waals surface area contributed by atoms with Crippen LogP contribution < -0.4 is 11.1 Å². The minimum absolute atomic E-state index is 0. The second-order valence-corrected chi connectivity index (χ2v) is 6.48. The average molecular weight is 388 g/mol. The molecule has 0 saturated heterocycles. The maximum Gasteiger partial charge on any atom is 0.315 e. The Kier molecular flexibility index (Phi) is 8.77. The zero-order chi connectivity index (χ0) is 16.7. The van der Waals surface area contributed by atoms with Crippen LogP contribution in [0, 0.1) is 0 Å². The molecule has 2 aromatic rings. The molecule has 0 saturated carbocycles. The minimum atomic E-state index is -0.264. The van der Waals surface area contributed by atoms with Gasteiger partial charge in [0.2, 0.25) is 0 Å². The maximum atomic E-state index is 12.1. The first kappa shape index (κ1) is 20.4. The number of ether oxygens (including phenoxy) is 1. The van der Waals surface area contributed by atoms with Crippen molar-refractivity contribution in [3.05, 3.63) is 45.9 Å². The molecule has 1 aromatic heterocycles. The van der Waals surface area contributed by atoms with Crippen molar-refractivity contribution in [2.24, 2.45) is 5.73 Å². The zero-order valence-electron chi connectivity index (χ0n) is 13.0. The summed E-state index contributed by atoms with van der Waals surface area (Å²) < 4.78 is 4.59. The number of benzene rings is 1. The van der Waals surface area contributed by atoms with Gasteiger partial charge in [-0.25, -0.2) is 4.98 Å². The summed E-state index contributed by atoms with van der Waals surface area (Å²) in [5.74, 6) is 0.444. The second-order valence-electron chi connectivity index (χ2n) is 4.55. The molecule has 9 heteroatoms. The number of rotatable bonds is 7. The van der Waals surface area contributed by atoms with Gasteiger partial charge < -0.3 is 15.8 Å². The summed E-state index contributed by atoms with van der Waals surface area (Å²) in [6.07, 6.45) is 0. The predicted octanol–water partition coefficient (Wildman–Crippen LogP) is 2.68. The van der Waals surface area contributed by atoms with Crippen LogP contribution in [-0.2, 0) is 21.8 Å². The van der Waals surface area contributed by atoms with Crippen LogP contribution in [-0.4, -0.2) is 29.7 Å². The van der Waals surface area contributed by atoms with Gasteiger partial charge in [0.15, 0.2) is 0 Å². The van der Waals surface area contributed by atoms with Crippen molar-refractivity contribution in [1.29, 1.82) is 0 Å². The van der Waals surface area contributed by atoms with E-state index in [4.69, 9.17) is 5.73 Å². The predicted molar refractivity (Wildman–Crippen MR) is 99.8 cm³/mol. The van der Waals surface area contributed by atoms with Crippen LogP contribution in [0.5, 0.6) is 0 Å². The molecule has 130 valence electrons. The van der Waals surface area contributed by atoms with Gasteiger partial charge in [-0.3, -0.25) is 9.59 Å². The number of aromatic nitrogens is 1. The fourth-order valence-electron chi connectivity index (χ4n) is 1.75. The molecule has 2 rings (SSSR count). The van der Waals surface area contributed by atoms with E-state index in [1.54, 1.807) is 5.38 Å². The lowest BCUT2D eigenvalue weighted by Crippen LogP contribution is -2.12. The molecule has 0 spiro atoms. The maximum absolute atomic E-state index is 12.1. The van der Waals surface area contributed by atoms with Crippen LogP contribution in [0.2, 0.25) is 0 Å². The van der Waals surface area contributed by atoms with E-state index >= 15 is 0 Å². The third kappa shape index (κ3) is 6.12. The third-order valence-corrected chi connectivity index (χ3v) is 4.71. The Morgan fingerprint density at radius 1 is 1.42 bits per heavy atom. The van der Waals surface area contributed by atoms with Crippen LogP contribution in [0.1, 0.15) is 21.1 Å². The van der Waals surface area contributed by atoms with Crippen LogP contribution in [0.3, 0.4) is 0 Å². The van der Waals surface area contributed by atoms with Crippen LogP contribution in [0.15, 0.2) is 29.6 Å². The summed E-state index contributed by atoms with van der Waals surface area (Å²) in [6.45, 7) is 0.324. The first-order valence-corrected chi connectivity index (χ1v) is 8.85. The number of thiazole rings is 1. The number of esters is 1. The molecule has 0 aliphatic rings. The molecule has 24 heavy (non-hydrogen) atoms. The second kappa shape index (κ2) is 10.3. The van der Waals surface area contributed by atoms with Crippen LogP contribution in [0.25, 0.3) is 0 Å². The summed E-state index contributed by atoms with van der Waals surface area (Å²) in [5, 5.41) is 5.22. The highest BCUT2D eigenvalue weighted by Gasteiger charge is 2.10. The van der Waals surface area contributed by atoms with Crippen molar-refractivity contribution in [1.82, 2.24) is 4.98 Å². The quantitative estimate of drug-likeness (QED) is 0.709. The van der Waals surface area contributed by atoms with E-state index in [9.17, 15) is 9.59 Å². The standard InChI is InChI=1S/C15H17N3O3S2.ClH/c1-21-14(19)9-22-7-10-3-2-4-11(5-10)17-15(20)12-8-23-13(6-16)18-12;/h2-5,8H,6-7,9,16H2,1H3,(H,17,20);1H. The van der Waals surface area contributed by atoms with Gasteiger partial charge in [-0.1, -0.05) is 12.1 Å². The van der Waals surface area contributed by atoms with Gasteiger partial charge in [0.1, 0.15) is 10.7 Å². The molecule has 0 radical (unpaired) electrons. The Labute approximate surface area is 154 Å². The number of halogens is 1. The summed E-state index contributed by atoms with van der Waals surface area (Å²) in [7, 11) is 1.37. The number of hydrogen-bond acceptors (Lipinski definition) is 7. The number of thioether (sulfide) groups is 1. The molecule has 0 atom stereocenters. The third-order valence-electron chi connectivity index (χ3n) is 2.86. The number of nitrogens with two attached hydrogens (primary N) is 1. The number of hydrogen-bond donors (Lipinski definition) is 2. The van der Waals surface area contributed by atoms with Gasteiger partial charge in [0, 0.05) is 23.4 Å². The number of anilines is 1. The topological polar surface area (TPSA) is 94.3 Å². The smallest absolute Gasteiger partial charge is 0.315 e. The lowest BCUT2D eigenvalue weighted by Gasteiger charge is -2.06. The highest BCUT2D eigenvalue weighted by Crippen LogP contribution is 2.18. The van der Waals surface area contributed by atoms with Gasteiger partial charge in [0.05, 0.1) is 12.9 Å². The number of carbonyl (C=O) groups is 2. The van der Waals surface area contributed by atoms with Gasteiger partial charge >= 0.3 is 5.97 Å². The van der Waals surface area contributed by atoms with Gasteiger partial charge in [0.25, 0.3) is 5.91 Å². The fourth-order valence-corrected chi connectivity index (χ4v) is 3.21. The van der Waals surface area contributed by atoms with E-state index in [0.29, 0.717) is 29.4 Å². The van der Waals surface area contributed by atoms with E-state index < -0.39 is 0 Å². The molecule has 6 nitrogen and oxygen atoms in total. The first-order valence-electron chi connectivity index (χ1n) is 6.81. The molecule has 1 aromatic carbocycles. The number of carbonyl (C=O) groups excluding carboxylic acids is 2. The lowest BCUT2D eigenvalue weighted by atomic mass is 10.2. The highest BCUT2D eigenvalue weighted by atomic mass is 35.5. The number of nitrogens with zero attached hydrogens (tertiary/aromatic N) is 1. The summed E-state index contributed by atoms with van der Waals surface area (Å²) in [6, 6.07) is 7.48. The van der Waals surface area contributed by atoms with Crippen molar-refractivity contribution >= 4 is 53.1 Å². The Bertz CT molecular complexity index is 694. The molecule has 3 N–H and O–H groups in total. The fraction of sp³-hybridized carbons (Fsp3) is 0.267. The van der Waals surface area contributed by atoms with E-state index in [1.807, 2.05) is 24.3 Å². The van der Waals surface area contributed by atoms with E-state index in [0.717, 1.165) is 10.6 Å². The lowest BCUT2D eigenvalue weighted by molar-refractivity contribution is -0.137. The SMILES string of the molecule is COC(=O)CSCc1cccc(NC(=O)c2csc(CN)n2)c1.Cl. The molecule has 0 bridgehead atoms. The Balaban J connectivity index is 0.00000288. The number of methoxy groups -OCH3 is 1. The van der Waals surface area contributed by atoms with E-state index in [2.05, 4.69) is 15.0 Å². The molecule has 0 unspecified atom stereocenters. The van der Waals surface area contributed by atoms with Crippen molar-refractivity contribution in [3.8, 4) is 0 Å². The molecule has 1 amide bonds.